The molecule has 0 saturated heterocycles. The highest BCUT2D eigenvalue weighted by Gasteiger charge is 1.93. The van der Waals surface area contributed by atoms with Crippen molar-refractivity contribution in [2.24, 2.45) is 5.73 Å². The van der Waals surface area contributed by atoms with Gasteiger partial charge in [0.15, 0.2) is 0 Å². The number of carbonyl (C=O) groups is 1. The van der Waals surface area contributed by atoms with Crippen LogP contribution in [0.1, 0.15) is 13.3 Å². The molecule has 0 aliphatic heterocycles. The minimum Gasteiger partial charge on any atom is -0.469 e. The molecular weight excluding hydrogens is 130 g/mol. The highest BCUT2D eigenvalue weighted by Crippen LogP contribution is 1.87. The van der Waals surface area contributed by atoms with Gasteiger partial charge in [0.1, 0.15) is 0 Å². The summed E-state index contributed by atoms with van der Waals surface area (Å²) in [4.78, 5) is 10.5. The Morgan fingerprint density at radius 3 is 2.80 bits per heavy atom. The maximum absolute atomic E-state index is 10.5. The minimum atomic E-state index is -0.239. The van der Waals surface area contributed by atoms with Crippen LogP contribution in [0, 0.1) is 0 Å². The molecular formula is C7H13NO2. The van der Waals surface area contributed by atoms with Crippen LogP contribution in [0.4, 0.5) is 0 Å². The molecule has 0 aliphatic rings. The molecule has 0 aliphatic carbocycles. The summed E-state index contributed by atoms with van der Waals surface area (Å²) in [5, 5.41) is 0. The molecule has 0 aromatic rings. The van der Waals surface area contributed by atoms with Crippen LogP contribution in [-0.4, -0.2) is 19.1 Å². The lowest BCUT2D eigenvalue weighted by Gasteiger charge is -1.94. The van der Waals surface area contributed by atoms with Crippen molar-refractivity contribution in [1.82, 2.24) is 0 Å². The highest BCUT2D eigenvalue weighted by atomic mass is 16.5. The largest absolute Gasteiger partial charge is 0.469 e. The van der Waals surface area contributed by atoms with Gasteiger partial charge in [-0.1, -0.05) is 12.2 Å². The zero-order valence-corrected chi connectivity index (χ0v) is 6.33. The molecule has 0 aromatic heterocycles. The van der Waals surface area contributed by atoms with E-state index in [-0.39, 0.29) is 12.0 Å². The fraction of sp³-hybridized carbons (Fsp3) is 0.571. The smallest absolute Gasteiger partial charge is 0.309 e. The van der Waals surface area contributed by atoms with E-state index >= 15 is 0 Å². The van der Waals surface area contributed by atoms with Gasteiger partial charge in [-0.15, -0.1) is 0 Å². The van der Waals surface area contributed by atoms with Gasteiger partial charge in [-0.2, -0.15) is 0 Å². The Kier molecular flexibility index (Phi) is 4.58. The predicted molar refractivity (Wildman–Crippen MR) is 39.4 cm³/mol. The first kappa shape index (κ1) is 9.17. The SMILES string of the molecule is COC(=O)C/C=C/[C@@H](C)N. The zero-order valence-electron chi connectivity index (χ0n) is 6.33. The molecule has 1 atom stereocenters. The average molecular weight is 143 g/mol. The van der Waals surface area contributed by atoms with Crippen LogP contribution in [0.3, 0.4) is 0 Å². The normalized spacial score (nSPS) is 13.5. The fourth-order valence-corrected chi connectivity index (χ4v) is 0.462. The second-order valence-corrected chi connectivity index (χ2v) is 2.07. The predicted octanol–water partition coefficient (Wildman–Crippen LogP) is 0.453. The summed E-state index contributed by atoms with van der Waals surface area (Å²) in [5.74, 6) is -0.239. The van der Waals surface area contributed by atoms with Gasteiger partial charge in [-0.3, -0.25) is 4.79 Å². The second kappa shape index (κ2) is 4.99. The van der Waals surface area contributed by atoms with Gasteiger partial charge in [0.05, 0.1) is 13.5 Å². The molecule has 0 rings (SSSR count). The van der Waals surface area contributed by atoms with E-state index in [1.165, 1.54) is 7.11 Å². The molecule has 58 valence electrons. The van der Waals surface area contributed by atoms with Gasteiger partial charge < -0.3 is 10.5 Å². The third-order valence-corrected chi connectivity index (χ3v) is 0.952. The summed E-state index contributed by atoms with van der Waals surface area (Å²) in [5.41, 5.74) is 5.38. The monoisotopic (exact) mass is 143 g/mol. The molecule has 0 radical (unpaired) electrons. The molecule has 3 nitrogen and oxygen atoms in total. The second-order valence-electron chi connectivity index (χ2n) is 2.07. The Labute approximate surface area is 60.9 Å². The lowest BCUT2D eigenvalue weighted by Crippen LogP contribution is -2.10. The van der Waals surface area contributed by atoms with Crippen LogP contribution in [-0.2, 0) is 9.53 Å². The third kappa shape index (κ3) is 5.31. The summed E-state index contributed by atoms with van der Waals surface area (Å²) in [6, 6.07) is 0.00431. The standard InChI is InChI=1S/C7H13NO2/c1-6(8)4-3-5-7(9)10-2/h3-4,6H,5,8H2,1-2H3/b4-3+/t6-/m1/s1. The van der Waals surface area contributed by atoms with Crippen molar-refractivity contribution in [3.8, 4) is 0 Å². The van der Waals surface area contributed by atoms with E-state index in [4.69, 9.17) is 5.73 Å². The molecule has 0 unspecified atom stereocenters. The lowest BCUT2D eigenvalue weighted by molar-refractivity contribution is -0.139. The average Bonchev–Trinajstić information content (AvgIpc) is 1.87. The number of ether oxygens (including phenoxy) is 1. The maximum Gasteiger partial charge on any atom is 0.309 e. The highest BCUT2D eigenvalue weighted by molar-refractivity contribution is 5.70. The Hall–Kier alpha value is -0.830. The van der Waals surface area contributed by atoms with Crippen LogP contribution in [0.15, 0.2) is 12.2 Å². The lowest BCUT2D eigenvalue weighted by atomic mass is 10.3. The number of carbonyl (C=O) groups excluding carboxylic acids is 1. The van der Waals surface area contributed by atoms with E-state index in [9.17, 15) is 4.79 Å². The van der Waals surface area contributed by atoms with E-state index in [1.807, 2.05) is 6.92 Å². The molecule has 0 amide bonds. The number of hydrogen-bond donors (Lipinski definition) is 1. The topological polar surface area (TPSA) is 52.3 Å². The Bertz CT molecular complexity index is 130. The van der Waals surface area contributed by atoms with E-state index in [2.05, 4.69) is 4.74 Å². The summed E-state index contributed by atoms with van der Waals surface area (Å²) in [6.45, 7) is 1.84. The van der Waals surface area contributed by atoms with Crippen molar-refractivity contribution < 1.29 is 9.53 Å². The van der Waals surface area contributed by atoms with Crippen LogP contribution in [0.25, 0.3) is 0 Å². The number of methoxy groups -OCH3 is 1. The van der Waals surface area contributed by atoms with E-state index in [1.54, 1.807) is 12.2 Å². The molecule has 10 heavy (non-hydrogen) atoms. The summed E-state index contributed by atoms with van der Waals surface area (Å²) in [7, 11) is 1.36. The van der Waals surface area contributed by atoms with E-state index in [0.29, 0.717) is 6.42 Å². The van der Waals surface area contributed by atoms with E-state index < -0.39 is 0 Å². The quantitative estimate of drug-likeness (QED) is 0.461. The summed E-state index contributed by atoms with van der Waals surface area (Å²) >= 11 is 0. The minimum absolute atomic E-state index is 0.00431. The van der Waals surface area contributed by atoms with Gasteiger partial charge in [-0.05, 0) is 6.92 Å². The number of nitrogens with two attached hydrogens (primary N) is 1. The van der Waals surface area contributed by atoms with Crippen LogP contribution >= 0.6 is 0 Å². The van der Waals surface area contributed by atoms with Crippen molar-refractivity contribution in [2.45, 2.75) is 19.4 Å². The van der Waals surface area contributed by atoms with Gasteiger partial charge in [0.25, 0.3) is 0 Å². The molecule has 0 fully saturated rings. The maximum atomic E-state index is 10.5. The molecule has 0 heterocycles. The van der Waals surface area contributed by atoms with Crippen molar-refractivity contribution in [1.29, 1.82) is 0 Å². The first-order valence-corrected chi connectivity index (χ1v) is 3.16. The van der Waals surface area contributed by atoms with Gasteiger partial charge in [-0.25, -0.2) is 0 Å². The van der Waals surface area contributed by atoms with Crippen molar-refractivity contribution in [3.05, 3.63) is 12.2 Å². The number of hydrogen-bond acceptors (Lipinski definition) is 3. The summed E-state index contributed by atoms with van der Waals surface area (Å²) in [6.07, 6.45) is 3.77. The molecule has 0 saturated carbocycles. The first-order chi connectivity index (χ1) is 4.66. The van der Waals surface area contributed by atoms with Crippen LogP contribution < -0.4 is 5.73 Å². The Balaban J connectivity index is 3.43. The van der Waals surface area contributed by atoms with Crippen molar-refractivity contribution in [2.75, 3.05) is 7.11 Å². The van der Waals surface area contributed by atoms with Crippen LogP contribution in [0.5, 0.6) is 0 Å². The molecule has 2 N–H and O–H groups in total. The molecule has 3 heteroatoms. The first-order valence-electron chi connectivity index (χ1n) is 3.16. The fourth-order valence-electron chi connectivity index (χ4n) is 0.462. The molecule has 0 spiro atoms. The van der Waals surface area contributed by atoms with Crippen molar-refractivity contribution in [3.63, 3.8) is 0 Å². The Morgan fingerprint density at radius 2 is 2.40 bits per heavy atom. The summed E-state index contributed by atoms with van der Waals surface area (Å²) < 4.78 is 4.40. The third-order valence-electron chi connectivity index (χ3n) is 0.952. The molecule has 0 bridgehead atoms. The number of rotatable bonds is 3. The number of esters is 1. The van der Waals surface area contributed by atoms with Gasteiger partial charge in [0.2, 0.25) is 0 Å². The zero-order chi connectivity index (χ0) is 7.98. The van der Waals surface area contributed by atoms with Gasteiger partial charge in [0, 0.05) is 6.04 Å². The van der Waals surface area contributed by atoms with Gasteiger partial charge >= 0.3 is 5.97 Å². The van der Waals surface area contributed by atoms with E-state index in [0.717, 1.165) is 0 Å². The van der Waals surface area contributed by atoms with Crippen LogP contribution in [0.2, 0.25) is 0 Å². The van der Waals surface area contributed by atoms with Crippen molar-refractivity contribution >= 4 is 5.97 Å². The Morgan fingerprint density at radius 1 is 1.80 bits per heavy atom. The molecule has 0 aromatic carbocycles.